The van der Waals surface area contributed by atoms with E-state index in [9.17, 15) is 9.90 Å². The summed E-state index contributed by atoms with van der Waals surface area (Å²) in [7, 11) is 0.523. The molecule has 1 amide bonds. The molecule has 2 unspecified atom stereocenters. The topological polar surface area (TPSA) is 95.9 Å². The van der Waals surface area contributed by atoms with Crippen LogP contribution in [0, 0.1) is 0 Å². The average Bonchev–Trinajstić information content (AvgIpc) is 3.11. The molecule has 2 atom stereocenters. The molecule has 0 aliphatic carbocycles. The molecule has 9 nitrogen and oxygen atoms in total. The Hall–Kier alpha value is -4.09. The van der Waals surface area contributed by atoms with Gasteiger partial charge in [-0.05, 0) is 70.8 Å². The van der Waals surface area contributed by atoms with E-state index in [2.05, 4.69) is 50.0 Å². The fourth-order valence-electron chi connectivity index (χ4n) is 6.01. The minimum absolute atomic E-state index is 0.0597. The maximum atomic E-state index is 11.9. The maximum absolute atomic E-state index is 11.9. The van der Waals surface area contributed by atoms with Gasteiger partial charge in [0.05, 0.1) is 46.2 Å². The van der Waals surface area contributed by atoms with Crippen molar-refractivity contribution in [2.45, 2.75) is 63.8 Å². The first kappa shape index (κ1) is 37.2. The second-order valence-corrected chi connectivity index (χ2v) is 19.6. The molecule has 1 fully saturated rings. The summed E-state index contributed by atoms with van der Waals surface area (Å²) in [5.74, 6) is 2.44. The molecule has 0 spiro atoms. The Morgan fingerprint density at radius 1 is 0.840 bits per heavy atom. The largest absolute Gasteiger partial charge is 0.496 e. The van der Waals surface area contributed by atoms with Crippen molar-refractivity contribution in [3.05, 3.63) is 102 Å². The Labute approximate surface area is 297 Å². The van der Waals surface area contributed by atoms with Gasteiger partial charge in [-0.15, -0.1) is 0 Å². The normalized spacial score (nSPS) is 16.4. The van der Waals surface area contributed by atoms with Crippen molar-refractivity contribution in [1.29, 1.82) is 0 Å². The first-order chi connectivity index (χ1) is 24.2. The van der Waals surface area contributed by atoms with Crippen LogP contribution in [-0.2, 0) is 27.4 Å². The van der Waals surface area contributed by atoms with Crippen LogP contribution < -0.4 is 14.2 Å². The molecular formula is C40H51NO8Si. The second kappa shape index (κ2) is 18.2. The molecule has 0 bridgehead atoms. The van der Waals surface area contributed by atoms with Gasteiger partial charge in [0, 0.05) is 39.1 Å². The van der Waals surface area contributed by atoms with Gasteiger partial charge in [0.15, 0.2) is 6.79 Å². The molecule has 4 aromatic rings. The van der Waals surface area contributed by atoms with Crippen LogP contribution in [0.15, 0.2) is 84.9 Å². The van der Waals surface area contributed by atoms with E-state index in [1.165, 1.54) is 4.90 Å². The molecule has 10 heteroatoms. The highest BCUT2D eigenvalue weighted by atomic mass is 28.3. The third-order valence-corrected chi connectivity index (χ3v) is 10.6. The van der Waals surface area contributed by atoms with Crippen molar-refractivity contribution in [1.82, 2.24) is 4.90 Å². The van der Waals surface area contributed by atoms with E-state index in [0.717, 1.165) is 57.2 Å². The number of carboxylic acid groups (broad SMARTS) is 1. The van der Waals surface area contributed by atoms with E-state index in [0.29, 0.717) is 52.5 Å². The van der Waals surface area contributed by atoms with Crippen LogP contribution in [0.25, 0.3) is 10.8 Å². The number of hydrogen-bond donors (Lipinski definition) is 1. The molecule has 50 heavy (non-hydrogen) atoms. The number of amides is 1. The second-order valence-electron chi connectivity index (χ2n) is 13.9. The quantitative estimate of drug-likeness (QED) is 0.0627. The molecule has 1 aliphatic heterocycles. The number of ether oxygens (including phenoxy) is 6. The molecule has 268 valence electrons. The lowest BCUT2D eigenvalue weighted by atomic mass is 9.87. The third-order valence-electron chi connectivity index (χ3n) is 8.94. The maximum Gasteiger partial charge on any atom is 0.407 e. The van der Waals surface area contributed by atoms with E-state index >= 15 is 0 Å². The molecule has 5 rings (SSSR count). The van der Waals surface area contributed by atoms with E-state index in [4.69, 9.17) is 28.4 Å². The van der Waals surface area contributed by atoms with Crippen LogP contribution in [0.3, 0.4) is 0 Å². The monoisotopic (exact) mass is 701 g/mol. The summed E-state index contributed by atoms with van der Waals surface area (Å²) in [4.78, 5) is 13.3. The Bertz CT molecular complexity index is 1660. The SMILES string of the molecule is COc1ccccc1COCCCOc1ccc(C2CCN(C(=O)O)CC2OCc2ccc3ccc(OCOCC[Si](C)(C)C)cc3c2)cc1. The molecule has 1 saturated heterocycles. The Morgan fingerprint density at radius 3 is 2.40 bits per heavy atom. The van der Waals surface area contributed by atoms with Crippen LogP contribution in [0.4, 0.5) is 4.79 Å². The van der Waals surface area contributed by atoms with Gasteiger partial charge in [-0.25, -0.2) is 4.79 Å². The number of nitrogens with zero attached hydrogens (tertiary/aromatic N) is 1. The lowest BCUT2D eigenvalue weighted by molar-refractivity contribution is -0.0199. The molecule has 4 aromatic carbocycles. The minimum Gasteiger partial charge on any atom is -0.496 e. The zero-order valence-electron chi connectivity index (χ0n) is 29.8. The fourth-order valence-corrected chi connectivity index (χ4v) is 6.77. The van der Waals surface area contributed by atoms with Crippen LogP contribution >= 0.6 is 0 Å². The van der Waals surface area contributed by atoms with Gasteiger partial charge < -0.3 is 38.4 Å². The number of likely N-dealkylation sites (tertiary alicyclic amines) is 1. The van der Waals surface area contributed by atoms with Crippen LogP contribution in [-0.4, -0.2) is 77.1 Å². The van der Waals surface area contributed by atoms with Gasteiger partial charge in [0.2, 0.25) is 0 Å². The van der Waals surface area contributed by atoms with Gasteiger partial charge in [0.25, 0.3) is 0 Å². The van der Waals surface area contributed by atoms with E-state index in [1.54, 1.807) is 7.11 Å². The zero-order chi connectivity index (χ0) is 35.3. The molecule has 0 radical (unpaired) electrons. The molecule has 1 N–H and O–H groups in total. The lowest BCUT2D eigenvalue weighted by Gasteiger charge is -2.37. The summed E-state index contributed by atoms with van der Waals surface area (Å²) >= 11 is 0. The van der Waals surface area contributed by atoms with E-state index in [-0.39, 0.29) is 18.8 Å². The van der Waals surface area contributed by atoms with Crippen molar-refractivity contribution in [3.63, 3.8) is 0 Å². The highest BCUT2D eigenvalue weighted by molar-refractivity contribution is 6.76. The van der Waals surface area contributed by atoms with Gasteiger partial charge >= 0.3 is 6.09 Å². The summed E-state index contributed by atoms with van der Waals surface area (Å²) in [5, 5.41) is 11.9. The molecular weight excluding hydrogens is 651 g/mol. The van der Waals surface area contributed by atoms with Crippen molar-refractivity contribution in [2.24, 2.45) is 0 Å². The van der Waals surface area contributed by atoms with Gasteiger partial charge in [-0.1, -0.05) is 68.2 Å². The van der Waals surface area contributed by atoms with Crippen molar-refractivity contribution >= 4 is 24.9 Å². The summed E-state index contributed by atoms with van der Waals surface area (Å²) in [6, 6.07) is 29.3. The van der Waals surface area contributed by atoms with Crippen LogP contribution in [0.2, 0.25) is 25.7 Å². The first-order valence-corrected chi connectivity index (χ1v) is 21.1. The summed E-state index contributed by atoms with van der Waals surface area (Å²) in [6.45, 7) is 10.7. The van der Waals surface area contributed by atoms with Crippen molar-refractivity contribution in [2.75, 3.05) is 46.8 Å². The molecule has 1 aliphatic rings. The number of methoxy groups -OCH3 is 1. The number of benzene rings is 4. The average molecular weight is 702 g/mol. The van der Waals surface area contributed by atoms with Gasteiger partial charge in [-0.3, -0.25) is 0 Å². The third kappa shape index (κ3) is 11.2. The van der Waals surface area contributed by atoms with Crippen LogP contribution in [0.5, 0.6) is 17.2 Å². The number of fused-ring (bicyclic) bond motifs is 1. The van der Waals surface area contributed by atoms with E-state index < -0.39 is 14.2 Å². The minimum atomic E-state index is -1.14. The van der Waals surface area contributed by atoms with Gasteiger partial charge in [0.1, 0.15) is 17.2 Å². The standard InChI is InChI=1S/C40H51NO8Si/c1-44-38-9-6-5-8-33(38)28-45-20-7-21-47-35-15-13-32(14-16-35)37-18-19-41(40(42)43)26-39(37)48-27-30-10-11-31-12-17-36(25-34(31)24-30)49-29-46-22-23-50(2,3)4/h5-6,8-17,24-25,37,39H,7,18-23,26-29H2,1-4H3,(H,42,43). The Kier molecular flexibility index (Phi) is 13.6. The molecule has 0 aromatic heterocycles. The lowest BCUT2D eigenvalue weighted by Crippen LogP contribution is -2.46. The molecule has 0 saturated carbocycles. The fraction of sp³-hybridized carbons (Fsp3) is 0.425. The highest BCUT2D eigenvalue weighted by Crippen LogP contribution is 2.33. The Morgan fingerprint density at radius 2 is 1.62 bits per heavy atom. The number of hydrogen-bond acceptors (Lipinski definition) is 7. The number of piperidine rings is 1. The zero-order valence-corrected chi connectivity index (χ0v) is 30.8. The van der Waals surface area contributed by atoms with Crippen molar-refractivity contribution in [3.8, 4) is 17.2 Å². The Balaban J connectivity index is 1.13. The number of rotatable bonds is 18. The predicted molar refractivity (Wildman–Crippen MR) is 198 cm³/mol. The number of para-hydroxylation sites is 1. The predicted octanol–water partition coefficient (Wildman–Crippen LogP) is 8.58. The van der Waals surface area contributed by atoms with E-state index in [1.807, 2.05) is 54.6 Å². The van der Waals surface area contributed by atoms with Crippen LogP contribution in [0.1, 0.15) is 35.4 Å². The van der Waals surface area contributed by atoms with Gasteiger partial charge in [-0.2, -0.15) is 0 Å². The molecule has 1 heterocycles. The first-order valence-electron chi connectivity index (χ1n) is 17.4. The summed E-state index contributed by atoms with van der Waals surface area (Å²) < 4.78 is 35.3. The summed E-state index contributed by atoms with van der Waals surface area (Å²) in [6.07, 6.45) is 0.233. The number of carbonyl (C=O) groups is 1. The summed E-state index contributed by atoms with van der Waals surface area (Å²) in [5.41, 5.74) is 3.15. The smallest absolute Gasteiger partial charge is 0.407 e. The highest BCUT2D eigenvalue weighted by Gasteiger charge is 2.33. The van der Waals surface area contributed by atoms with Crippen molar-refractivity contribution < 1.29 is 38.3 Å².